The number of rotatable bonds is 4. The number of methoxy groups -OCH3 is 1. The van der Waals surface area contributed by atoms with Crippen LogP contribution in [-0.4, -0.2) is 60.6 Å². The van der Waals surface area contributed by atoms with Gasteiger partial charge in [-0.3, -0.25) is 9.69 Å². The fourth-order valence-electron chi connectivity index (χ4n) is 4.19. The van der Waals surface area contributed by atoms with Crippen LogP contribution < -0.4 is 0 Å². The predicted octanol–water partition coefficient (Wildman–Crippen LogP) is 3.27. The smallest absolute Gasteiger partial charge is 0.410 e. The number of piperidine rings is 1. The van der Waals surface area contributed by atoms with E-state index < -0.39 is 5.97 Å². The number of carbonyl (C=O) groups excluding carboxylic acids is 3. The lowest BCUT2D eigenvalue weighted by Gasteiger charge is -2.38. The van der Waals surface area contributed by atoms with Crippen LogP contribution in [0.5, 0.6) is 0 Å². The molecule has 4 rings (SSSR count). The van der Waals surface area contributed by atoms with E-state index in [1.54, 1.807) is 29.2 Å². The molecule has 7 heteroatoms. The Balaban J connectivity index is 1.43. The molecule has 0 bridgehead atoms. The van der Waals surface area contributed by atoms with E-state index in [-0.39, 0.29) is 24.1 Å². The van der Waals surface area contributed by atoms with E-state index >= 15 is 0 Å². The van der Waals surface area contributed by atoms with E-state index in [0.717, 1.165) is 5.56 Å². The molecule has 2 fully saturated rings. The van der Waals surface area contributed by atoms with Crippen molar-refractivity contribution in [3.8, 4) is 0 Å². The van der Waals surface area contributed by atoms with Gasteiger partial charge in [-0.05, 0) is 36.6 Å². The molecule has 0 aromatic heterocycles. The number of likely N-dealkylation sites (tertiary alicyclic amines) is 1. The molecule has 2 aliphatic rings. The number of hydrogen-bond donors (Lipinski definition) is 0. The molecule has 2 saturated heterocycles. The molecule has 0 radical (unpaired) electrons. The molecule has 2 aliphatic heterocycles. The van der Waals surface area contributed by atoms with Crippen LogP contribution in [0.1, 0.15) is 45.2 Å². The summed E-state index contributed by atoms with van der Waals surface area (Å²) >= 11 is 0. The molecule has 0 N–H and O–H groups in total. The zero-order valence-corrected chi connectivity index (χ0v) is 16.8. The van der Waals surface area contributed by atoms with E-state index in [1.165, 1.54) is 7.11 Å². The SMILES string of the molecule is COC(=O)c1cccc(C(=O)N2CCC(N3C(=O)OCC3c3ccccc3)CC2)c1. The van der Waals surface area contributed by atoms with Gasteiger partial charge in [0.2, 0.25) is 0 Å². The summed E-state index contributed by atoms with van der Waals surface area (Å²) in [6, 6.07) is 16.4. The zero-order chi connectivity index (χ0) is 21.1. The average Bonchev–Trinajstić information content (AvgIpc) is 3.20. The van der Waals surface area contributed by atoms with Gasteiger partial charge in [0.25, 0.3) is 5.91 Å². The Hall–Kier alpha value is -3.35. The summed E-state index contributed by atoms with van der Waals surface area (Å²) in [6.45, 7) is 1.43. The van der Waals surface area contributed by atoms with Gasteiger partial charge in [0.1, 0.15) is 6.61 Å². The van der Waals surface area contributed by atoms with Gasteiger partial charge in [-0.2, -0.15) is 0 Å². The van der Waals surface area contributed by atoms with Crippen molar-refractivity contribution in [2.45, 2.75) is 24.9 Å². The highest BCUT2D eigenvalue weighted by molar-refractivity contribution is 5.98. The molecule has 156 valence electrons. The first-order valence-electron chi connectivity index (χ1n) is 10.1. The van der Waals surface area contributed by atoms with Gasteiger partial charge >= 0.3 is 12.1 Å². The quantitative estimate of drug-likeness (QED) is 0.726. The van der Waals surface area contributed by atoms with E-state index in [0.29, 0.717) is 43.7 Å². The van der Waals surface area contributed by atoms with Gasteiger partial charge in [-0.15, -0.1) is 0 Å². The molecular weight excluding hydrogens is 384 g/mol. The molecule has 2 amide bonds. The monoisotopic (exact) mass is 408 g/mol. The van der Waals surface area contributed by atoms with Crippen molar-refractivity contribution in [1.82, 2.24) is 9.80 Å². The van der Waals surface area contributed by atoms with Crippen LogP contribution in [-0.2, 0) is 9.47 Å². The Morgan fingerprint density at radius 2 is 1.70 bits per heavy atom. The van der Waals surface area contributed by atoms with Crippen LogP contribution in [0.2, 0.25) is 0 Å². The van der Waals surface area contributed by atoms with Crippen molar-refractivity contribution < 1.29 is 23.9 Å². The molecule has 0 spiro atoms. The summed E-state index contributed by atoms with van der Waals surface area (Å²) in [4.78, 5) is 40.6. The van der Waals surface area contributed by atoms with Crippen molar-refractivity contribution >= 4 is 18.0 Å². The minimum Gasteiger partial charge on any atom is -0.465 e. The molecule has 2 aromatic rings. The molecule has 0 aliphatic carbocycles. The predicted molar refractivity (Wildman–Crippen MR) is 109 cm³/mol. The molecule has 2 aromatic carbocycles. The lowest BCUT2D eigenvalue weighted by atomic mass is 9.98. The first-order chi connectivity index (χ1) is 14.6. The number of carbonyl (C=O) groups is 3. The largest absolute Gasteiger partial charge is 0.465 e. The maximum Gasteiger partial charge on any atom is 0.410 e. The number of hydrogen-bond acceptors (Lipinski definition) is 5. The van der Waals surface area contributed by atoms with Gasteiger partial charge in [0.15, 0.2) is 0 Å². The molecular formula is C23H24N2O5. The van der Waals surface area contributed by atoms with Crippen molar-refractivity contribution in [1.29, 1.82) is 0 Å². The summed E-state index contributed by atoms with van der Waals surface area (Å²) in [6.07, 6.45) is 1.07. The molecule has 30 heavy (non-hydrogen) atoms. The van der Waals surface area contributed by atoms with Crippen molar-refractivity contribution in [3.05, 3.63) is 71.3 Å². The van der Waals surface area contributed by atoms with Crippen molar-refractivity contribution in [2.24, 2.45) is 0 Å². The normalized spacial score (nSPS) is 19.5. The van der Waals surface area contributed by atoms with Crippen LogP contribution in [0, 0.1) is 0 Å². The zero-order valence-electron chi connectivity index (χ0n) is 16.8. The van der Waals surface area contributed by atoms with Gasteiger partial charge in [-0.1, -0.05) is 36.4 Å². The Labute approximate surface area is 175 Å². The molecule has 1 atom stereocenters. The maximum absolute atomic E-state index is 12.9. The van der Waals surface area contributed by atoms with Crippen LogP contribution in [0.3, 0.4) is 0 Å². The summed E-state index contributed by atoms with van der Waals surface area (Å²) in [5.41, 5.74) is 1.87. The summed E-state index contributed by atoms with van der Waals surface area (Å²) in [5, 5.41) is 0. The first kappa shape index (κ1) is 19.9. The van der Waals surface area contributed by atoms with Crippen molar-refractivity contribution in [2.75, 3.05) is 26.8 Å². The highest BCUT2D eigenvalue weighted by Gasteiger charge is 2.40. The molecule has 2 heterocycles. The number of amides is 2. The van der Waals surface area contributed by atoms with Crippen LogP contribution in [0.25, 0.3) is 0 Å². The van der Waals surface area contributed by atoms with Crippen LogP contribution in [0.15, 0.2) is 54.6 Å². The van der Waals surface area contributed by atoms with E-state index in [9.17, 15) is 14.4 Å². The van der Waals surface area contributed by atoms with Gasteiger partial charge in [0.05, 0.1) is 18.7 Å². The van der Waals surface area contributed by atoms with Crippen LogP contribution in [0.4, 0.5) is 4.79 Å². The highest BCUT2D eigenvalue weighted by Crippen LogP contribution is 2.33. The Kier molecular flexibility index (Phi) is 5.70. The minimum atomic E-state index is -0.470. The van der Waals surface area contributed by atoms with E-state index in [1.807, 2.05) is 35.2 Å². The fourth-order valence-corrected chi connectivity index (χ4v) is 4.19. The number of benzene rings is 2. The maximum atomic E-state index is 12.9. The molecule has 7 nitrogen and oxygen atoms in total. The lowest BCUT2D eigenvalue weighted by molar-refractivity contribution is 0.0600. The molecule has 0 saturated carbocycles. The second-order valence-corrected chi connectivity index (χ2v) is 7.51. The van der Waals surface area contributed by atoms with Crippen molar-refractivity contribution in [3.63, 3.8) is 0 Å². The number of esters is 1. The third kappa shape index (κ3) is 3.87. The average molecular weight is 408 g/mol. The third-order valence-corrected chi connectivity index (χ3v) is 5.77. The van der Waals surface area contributed by atoms with Gasteiger partial charge < -0.3 is 14.4 Å². The second kappa shape index (κ2) is 8.57. The van der Waals surface area contributed by atoms with E-state index in [2.05, 4.69) is 0 Å². The van der Waals surface area contributed by atoms with Gasteiger partial charge in [-0.25, -0.2) is 9.59 Å². The first-order valence-corrected chi connectivity index (χ1v) is 10.1. The topological polar surface area (TPSA) is 76.2 Å². The number of ether oxygens (including phenoxy) is 2. The summed E-state index contributed by atoms with van der Waals surface area (Å²) in [7, 11) is 1.31. The Morgan fingerprint density at radius 3 is 2.40 bits per heavy atom. The van der Waals surface area contributed by atoms with Crippen LogP contribution >= 0.6 is 0 Å². The fraction of sp³-hybridized carbons (Fsp3) is 0.348. The standard InChI is InChI=1S/C23H24N2O5/c1-29-22(27)18-9-5-8-17(14-18)21(26)24-12-10-19(11-13-24)25-20(15-30-23(25)28)16-6-3-2-4-7-16/h2-9,14,19-20H,10-13,15H2,1H3. The summed E-state index contributed by atoms with van der Waals surface area (Å²) in [5.74, 6) is -0.592. The van der Waals surface area contributed by atoms with Gasteiger partial charge in [0, 0.05) is 24.7 Å². The Morgan fingerprint density at radius 1 is 1.00 bits per heavy atom. The molecule has 1 unspecified atom stereocenters. The minimum absolute atomic E-state index is 0.0238. The third-order valence-electron chi connectivity index (χ3n) is 5.77. The number of cyclic esters (lactones) is 1. The lowest BCUT2D eigenvalue weighted by Crippen LogP contribution is -2.47. The highest BCUT2D eigenvalue weighted by atomic mass is 16.6. The Bertz CT molecular complexity index is 938. The summed E-state index contributed by atoms with van der Waals surface area (Å²) < 4.78 is 10.1. The second-order valence-electron chi connectivity index (χ2n) is 7.51. The number of nitrogens with zero attached hydrogens (tertiary/aromatic N) is 2. The van der Waals surface area contributed by atoms with E-state index in [4.69, 9.17) is 9.47 Å².